The van der Waals surface area contributed by atoms with E-state index < -0.39 is 10.0 Å². The zero-order chi connectivity index (χ0) is 19.0. The topological polar surface area (TPSA) is 90.7 Å². The summed E-state index contributed by atoms with van der Waals surface area (Å²) in [5, 5.41) is 3.93. The Morgan fingerprint density at radius 3 is 2.33 bits per heavy atom. The summed E-state index contributed by atoms with van der Waals surface area (Å²) in [5.74, 6) is 1.82. The minimum Gasteiger partial charge on any atom is -0.486 e. The Balaban J connectivity index is 1.59. The number of nitrogens with zero attached hydrogens (tertiary/aromatic N) is 1. The lowest BCUT2D eigenvalue weighted by atomic mass is 10.0. The van der Waals surface area contributed by atoms with Gasteiger partial charge in [0, 0.05) is 11.6 Å². The van der Waals surface area contributed by atoms with E-state index in [-0.39, 0.29) is 4.90 Å². The first-order chi connectivity index (χ1) is 12.9. The summed E-state index contributed by atoms with van der Waals surface area (Å²) in [6, 6.07) is 11.5. The number of hydrogen-bond acceptors (Lipinski definition) is 6. The van der Waals surface area contributed by atoms with Crippen LogP contribution in [0.15, 0.2) is 51.9 Å². The van der Waals surface area contributed by atoms with E-state index in [9.17, 15) is 8.42 Å². The SMILES string of the molecule is Cc1noc(C)c1-c1ccc(S(=O)(=O)Nc2ccc3c(c2)OCCO3)cc1. The molecule has 140 valence electrons. The molecule has 1 aliphatic rings. The number of benzene rings is 2. The predicted octanol–water partition coefficient (Wildman–Crippen LogP) is 3.53. The lowest BCUT2D eigenvalue weighted by Gasteiger charge is -2.19. The van der Waals surface area contributed by atoms with Gasteiger partial charge >= 0.3 is 0 Å². The lowest BCUT2D eigenvalue weighted by molar-refractivity contribution is 0.171. The highest BCUT2D eigenvalue weighted by atomic mass is 32.2. The van der Waals surface area contributed by atoms with Crippen LogP contribution in [0.3, 0.4) is 0 Å². The lowest BCUT2D eigenvalue weighted by Crippen LogP contribution is -2.16. The van der Waals surface area contributed by atoms with Crippen LogP contribution in [-0.4, -0.2) is 26.8 Å². The molecule has 4 rings (SSSR count). The Morgan fingerprint density at radius 1 is 0.963 bits per heavy atom. The monoisotopic (exact) mass is 386 g/mol. The number of rotatable bonds is 4. The van der Waals surface area contributed by atoms with Crippen LogP contribution in [0, 0.1) is 13.8 Å². The molecular weight excluding hydrogens is 368 g/mol. The molecule has 0 saturated carbocycles. The fraction of sp³-hybridized carbons (Fsp3) is 0.211. The molecule has 0 amide bonds. The number of sulfonamides is 1. The van der Waals surface area contributed by atoms with Crippen molar-refractivity contribution in [3.05, 3.63) is 53.9 Å². The van der Waals surface area contributed by atoms with E-state index in [1.165, 1.54) is 0 Å². The maximum absolute atomic E-state index is 12.7. The molecule has 0 unspecified atom stereocenters. The third-order valence-electron chi connectivity index (χ3n) is 4.28. The second kappa shape index (κ2) is 6.62. The minimum absolute atomic E-state index is 0.160. The van der Waals surface area contributed by atoms with E-state index in [2.05, 4.69) is 9.88 Å². The van der Waals surface area contributed by atoms with Crippen LogP contribution in [0.4, 0.5) is 5.69 Å². The summed E-state index contributed by atoms with van der Waals surface area (Å²) in [6.07, 6.45) is 0. The summed E-state index contributed by atoms with van der Waals surface area (Å²) in [6.45, 7) is 4.59. The summed E-state index contributed by atoms with van der Waals surface area (Å²) in [7, 11) is -3.73. The van der Waals surface area contributed by atoms with E-state index in [0.717, 1.165) is 16.8 Å². The highest BCUT2D eigenvalue weighted by Crippen LogP contribution is 2.33. The summed E-state index contributed by atoms with van der Waals surface area (Å²) in [5.41, 5.74) is 2.90. The van der Waals surface area contributed by atoms with Gasteiger partial charge in [-0.25, -0.2) is 8.42 Å². The van der Waals surface area contributed by atoms with Crippen LogP contribution >= 0.6 is 0 Å². The normalized spacial score (nSPS) is 13.4. The Bertz CT molecular complexity index is 1070. The molecule has 0 aliphatic carbocycles. The summed E-state index contributed by atoms with van der Waals surface area (Å²) in [4.78, 5) is 0.160. The first-order valence-electron chi connectivity index (χ1n) is 8.40. The standard InChI is InChI=1S/C19H18N2O5S/c1-12-19(13(2)26-20-12)14-3-6-16(7-4-14)27(22,23)21-15-5-8-17-18(11-15)25-10-9-24-17/h3-8,11,21H,9-10H2,1-2H3. The van der Waals surface area contributed by atoms with E-state index >= 15 is 0 Å². The third-order valence-corrected chi connectivity index (χ3v) is 5.68. The van der Waals surface area contributed by atoms with Crippen LogP contribution in [0.2, 0.25) is 0 Å². The van der Waals surface area contributed by atoms with Crippen LogP contribution in [0.1, 0.15) is 11.5 Å². The maximum atomic E-state index is 12.7. The second-order valence-electron chi connectivity index (χ2n) is 6.19. The number of ether oxygens (including phenoxy) is 2. The first kappa shape index (κ1) is 17.4. The van der Waals surface area contributed by atoms with Gasteiger partial charge in [0.2, 0.25) is 0 Å². The van der Waals surface area contributed by atoms with Crippen molar-refractivity contribution >= 4 is 15.7 Å². The van der Waals surface area contributed by atoms with Gasteiger partial charge in [0.15, 0.2) is 11.5 Å². The van der Waals surface area contributed by atoms with Gasteiger partial charge in [-0.15, -0.1) is 0 Å². The molecule has 0 spiro atoms. The average Bonchev–Trinajstić information content (AvgIpc) is 3.00. The first-order valence-corrected chi connectivity index (χ1v) is 9.88. The van der Waals surface area contributed by atoms with Crippen LogP contribution in [0.5, 0.6) is 11.5 Å². The molecular formula is C19H18N2O5S. The molecule has 2 heterocycles. The Hall–Kier alpha value is -3.00. The molecule has 1 N–H and O–H groups in total. The zero-order valence-electron chi connectivity index (χ0n) is 14.9. The zero-order valence-corrected chi connectivity index (χ0v) is 15.7. The predicted molar refractivity (Wildman–Crippen MR) is 99.7 cm³/mol. The number of aryl methyl sites for hydroxylation is 2. The van der Waals surface area contributed by atoms with Gasteiger partial charge in [-0.05, 0) is 43.7 Å². The van der Waals surface area contributed by atoms with Crippen molar-refractivity contribution < 1.29 is 22.4 Å². The summed E-state index contributed by atoms with van der Waals surface area (Å²) >= 11 is 0. The number of hydrogen-bond donors (Lipinski definition) is 1. The van der Waals surface area contributed by atoms with E-state index in [1.54, 1.807) is 42.5 Å². The molecule has 3 aromatic rings. The molecule has 7 nitrogen and oxygen atoms in total. The van der Waals surface area contributed by atoms with E-state index in [0.29, 0.717) is 36.2 Å². The number of aromatic nitrogens is 1. The third kappa shape index (κ3) is 3.35. The highest BCUT2D eigenvalue weighted by Gasteiger charge is 2.18. The quantitative estimate of drug-likeness (QED) is 0.738. The fourth-order valence-electron chi connectivity index (χ4n) is 3.02. The number of anilines is 1. The van der Waals surface area contributed by atoms with Crippen LogP contribution in [0.25, 0.3) is 11.1 Å². The Kier molecular flexibility index (Phi) is 4.27. The molecule has 8 heteroatoms. The smallest absolute Gasteiger partial charge is 0.261 e. The summed E-state index contributed by atoms with van der Waals surface area (Å²) < 4.78 is 44.0. The van der Waals surface area contributed by atoms with E-state index in [1.807, 2.05) is 13.8 Å². The van der Waals surface area contributed by atoms with Crippen LogP contribution < -0.4 is 14.2 Å². The van der Waals surface area contributed by atoms with Gasteiger partial charge < -0.3 is 14.0 Å². The molecule has 0 atom stereocenters. The van der Waals surface area contributed by atoms with Gasteiger partial charge in [-0.3, -0.25) is 4.72 Å². The van der Waals surface area contributed by atoms with Crippen molar-refractivity contribution in [1.29, 1.82) is 0 Å². The molecule has 0 radical (unpaired) electrons. The largest absolute Gasteiger partial charge is 0.486 e. The van der Waals surface area contributed by atoms with Crippen molar-refractivity contribution in [3.63, 3.8) is 0 Å². The fourth-order valence-corrected chi connectivity index (χ4v) is 4.07. The maximum Gasteiger partial charge on any atom is 0.261 e. The van der Waals surface area contributed by atoms with Crippen molar-refractivity contribution in [3.8, 4) is 22.6 Å². The molecule has 0 fully saturated rings. The van der Waals surface area contributed by atoms with Gasteiger partial charge in [0.25, 0.3) is 10.0 Å². The number of fused-ring (bicyclic) bond motifs is 1. The highest BCUT2D eigenvalue weighted by molar-refractivity contribution is 7.92. The minimum atomic E-state index is -3.73. The van der Waals surface area contributed by atoms with Gasteiger partial charge in [0.05, 0.1) is 16.3 Å². The van der Waals surface area contributed by atoms with Crippen molar-refractivity contribution in [1.82, 2.24) is 5.16 Å². The van der Waals surface area contributed by atoms with Crippen molar-refractivity contribution in [2.24, 2.45) is 0 Å². The van der Waals surface area contributed by atoms with Gasteiger partial charge in [0.1, 0.15) is 19.0 Å². The van der Waals surface area contributed by atoms with Gasteiger partial charge in [-0.1, -0.05) is 17.3 Å². The Labute approximate surface area is 157 Å². The Morgan fingerprint density at radius 2 is 1.67 bits per heavy atom. The molecule has 0 saturated heterocycles. The van der Waals surface area contributed by atoms with Crippen molar-refractivity contribution in [2.45, 2.75) is 18.7 Å². The molecule has 2 aromatic carbocycles. The average molecular weight is 386 g/mol. The molecule has 1 aliphatic heterocycles. The number of nitrogens with one attached hydrogen (secondary N) is 1. The van der Waals surface area contributed by atoms with E-state index in [4.69, 9.17) is 14.0 Å². The van der Waals surface area contributed by atoms with Crippen molar-refractivity contribution in [2.75, 3.05) is 17.9 Å². The molecule has 0 bridgehead atoms. The van der Waals surface area contributed by atoms with Crippen LogP contribution in [-0.2, 0) is 10.0 Å². The molecule has 27 heavy (non-hydrogen) atoms. The van der Waals surface area contributed by atoms with Gasteiger partial charge in [-0.2, -0.15) is 0 Å². The molecule has 1 aromatic heterocycles. The second-order valence-corrected chi connectivity index (χ2v) is 7.87.